The molecule has 0 aromatic heterocycles. The van der Waals surface area contributed by atoms with Crippen LogP contribution in [0.5, 0.6) is 0 Å². The minimum absolute atomic E-state index is 0. The molecule has 0 amide bonds. The Morgan fingerprint density at radius 2 is 2.00 bits per heavy atom. The average Bonchev–Trinajstić information content (AvgIpc) is 2.52. The Kier molecular flexibility index (Phi) is 9.54. The van der Waals surface area contributed by atoms with E-state index in [1.807, 2.05) is 11.8 Å². The van der Waals surface area contributed by atoms with Gasteiger partial charge in [0.15, 0.2) is 5.96 Å². The fourth-order valence-corrected chi connectivity index (χ4v) is 5.45. The molecular weight excluding hydrogens is 447 g/mol. The predicted molar refractivity (Wildman–Crippen MR) is 109 cm³/mol. The van der Waals surface area contributed by atoms with Gasteiger partial charge in [-0.2, -0.15) is 11.8 Å². The van der Waals surface area contributed by atoms with Crippen LogP contribution in [0.15, 0.2) is 4.99 Å². The van der Waals surface area contributed by atoms with E-state index in [0.717, 1.165) is 30.6 Å². The smallest absolute Gasteiger partial charge is 0.215 e. The lowest BCUT2D eigenvalue weighted by molar-refractivity contribution is 0.266. The minimum Gasteiger partial charge on any atom is -0.355 e. The van der Waals surface area contributed by atoms with Crippen molar-refractivity contribution in [3.8, 4) is 0 Å². The Hall–Kier alpha value is 0.260. The summed E-state index contributed by atoms with van der Waals surface area (Å²) in [6.45, 7) is 5.95. The van der Waals surface area contributed by atoms with Crippen LogP contribution in [-0.4, -0.2) is 80.6 Å². The van der Waals surface area contributed by atoms with Crippen molar-refractivity contribution in [2.24, 2.45) is 10.9 Å². The van der Waals surface area contributed by atoms with E-state index in [9.17, 15) is 8.42 Å². The van der Waals surface area contributed by atoms with Gasteiger partial charge in [-0.05, 0) is 18.8 Å². The SMILES string of the molecule is CN=C(NCCS(=O)(=O)N1CCSCC1)N1CCCC(C)C1.I. The van der Waals surface area contributed by atoms with Gasteiger partial charge in [0.25, 0.3) is 0 Å². The number of hydrogen-bond acceptors (Lipinski definition) is 4. The third kappa shape index (κ3) is 6.58. The van der Waals surface area contributed by atoms with E-state index < -0.39 is 10.0 Å². The van der Waals surface area contributed by atoms with Crippen molar-refractivity contribution in [3.05, 3.63) is 0 Å². The van der Waals surface area contributed by atoms with Crippen LogP contribution in [-0.2, 0) is 10.0 Å². The van der Waals surface area contributed by atoms with Gasteiger partial charge >= 0.3 is 0 Å². The lowest BCUT2D eigenvalue weighted by Gasteiger charge is -2.33. The Balaban J connectivity index is 0.00000264. The molecule has 0 spiro atoms. The van der Waals surface area contributed by atoms with E-state index in [0.29, 0.717) is 25.6 Å². The zero-order valence-electron chi connectivity index (χ0n) is 14.0. The maximum absolute atomic E-state index is 12.3. The summed E-state index contributed by atoms with van der Waals surface area (Å²) in [7, 11) is -1.38. The fourth-order valence-electron chi connectivity index (χ4n) is 2.96. The van der Waals surface area contributed by atoms with Crippen molar-refractivity contribution in [1.29, 1.82) is 0 Å². The third-order valence-corrected chi connectivity index (χ3v) is 6.99. The molecule has 2 aliphatic rings. The van der Waals surface area contributed by atoms with Crippen molar-refractivity contribution in [1.82, 2.24) is 14.5 Å². The number of rotatable bonds is 4. The van der Waals surface area contributed by atoms with Gasteiger partial charge in [-0.25, -0.2) is 12.7 Å². The molecule has 1 atom stereocenters. The molecule has 0 bridgehead atoms. The summed E-state index contributed by atoms with van der Waals surface area (Å²) >= 11 is 1.82. The van der Waals surface area contributed by atoms with Crippen molar-refractivity contribution < 1.29 is 8.42 Å². The van der Waals surface area contributed by atoms with Gasteiger partial charge in [0.05, 0.1) is 5.75 Å². The van der Waals surface area contributed by atoms with E-state index in [4.69, 9.17) is 0 Å². The summed E-state index contributed by atoms with van der Waals surface area (Å²) in [6, 6.07) is 0. The monoisotopic (exact) mass is 476 g/mol. The van der Waals surface area contributed by atoms with Crippen LogP contribution in [0.2, 0.25) is 0 Å². The highest BCUT2D eigenvalue weighted by Gasteiger charge is 2.24. The second-order valence-electron chi connectivity index (χ2n) is 5.99. The topological polar surface area (TPSA) is 65.0 Å². The number of aliphatic imine (C=N–C) groups is 1. The predicted octanol–water partition coefficient (Wildman–Crippen LogP) is 1.29. The Labute approximate surface area is 161 Å². The molecule has 0 aromatic rings. The van der Waals surface area contributed by atoms with Crippen LogP contribution in [0.1, 0.15) is 19.8 Å². The van der Waals surface area contributed by atoms with Gasteiger partial charge in [-0.1, -0.05) is 6.92 Å². The molecule has 6 nitrogen and oxygen atoms in total. The summed E-state index contributed by atoms with van der Waals surface area (Å²) in [5.41, 5.74) is 0. The maximum atomic E-state index is 12.3. The van der Waals surface area contributed by atoms with Crippen LogP contribution in [0, 0.1) is 5.92 Å². The van der Waals surface area contributed by atoms with Gasteiger partial charge < -0.3 is 10.2 Å². The number of hydrogen-bond donors (Lipinski definition) is 1. The van der Waals surface area contributed by atoms with E-state index in [2.05, 4.69) is 22.1 Å². The van der Waals surface area contributed by atoms with Crippen molar-refractivity contribution in [2.45, 2.75) is 19.8 Å². The largest absolute Gasteiger partial charge is 0.355 e. The number of nitrogens with one attached hydrogen (secondary N) is 1. The number of nitrogens with zero attached hydrogens (tertiary/aromatic N) is 3. The van der Waals surface area contributed by atoms with Gasteiger partial charge in [0.1, 0.15) is 0 Å². The molecule has 0 aromatic carbocycles. The molecule has 0 saturated carbocycles. The normalized spacial score (nSPS) is 24.2. The van der Waals surface area contributed by atoms with E-state index >= 15 is 0 Å². The van der Waals surface area contributed by atoms with Crippen LogP contribution in [0.3, 0.4) is 0 Å². The molecule has 2 heterocycles. The highest BCUT2D eigenvalue weighted by Crippen LogP contribution is 2.15. The standard InChI is InChI=1S/C14H28N4O2S2.HI/c1-13-4-3-6-17(12-13)14(15-2)16-5-11-22(19,20)18-7-9-21-10-8-18;/h13H,3-12H2,1-2H3,(H,15,16);1H. The van der Waals surface area contributed by atoms with Gasteiger partial charge in [0, 0.05) is 51.3 Å². The summed E-state index contributed by atoms with van der Waals surface area (Å²) in [6.07, 6.45) is 2.43. The molecule has 0 radical (unpaired) electrons. The van der Waals surface area contributed by atoms with Crippen LogP contribution >= 0.6 is 35.7 Å². The Morgan fingerprint density at radius 1 is 1.30 bits per heavy atom. The fraction of sp³-hybridized carbons (Fsp3) is 0.929. The highest BCUT2D eigenvalue weighted by molar-refractivity contribution is 14.0. The molecule has 2 saturated heterocycles. The second-order valence-corrected chi connectivity index (χ2v) is 9.31. The Bertz CT molecular complexity index is 481. The number of likely N-dealkylation sites (tertiary alicyclic amines) is 1. The van der Waals surface area contributed by atoms with Crippen molar-refractivity contribution >= 4 is 51.7 Å². The van der Waals surface area contributed by atoms with E-state index in [-0.39, 0.29) is 29.7 Å². The van der Waals surface area contributed by atoms with Crippen molar-refractivity contribution in [3.63, 3.8) is 0 Å². The average molecular weight is 476 g/mol. The first kappa shape index (κ1) is 21.3. The summed E-state index contributed by atoms with van der Waals surface area (Å²) < 4.78 is 26.2. The van der Waals surface area contributed by atoms with Crippen molar-refractivity contribution in [2.75, 3.05) is 57.0 Å². The third-order valence-electron chi connectivity index (χ3n) is 4.17. The zero-order valence-corrected chi connectivity index (χ0v) is 18.0. The first-order chi connectivity index (χ1) is 10.5. The molecule has 0 aliphatic carbocycles. The second kappa shape index (κ2) is 10.3. The van der Waals surface area contributed by atoms with Crippen LogP contribution in [0.4, 0.5) is 0 Å². The Morgan fingerprint density at radius 3 is 2.61 bits per heavy atom. The number of halogens is 1. The molecule has 2 aliphatic heterocycles. The van der Waals surface area contributed by atoms with Crippen LogP contribution in [0.25, 0.3) is 0 Å². The van der Waals surface area contributed by atoms with E-state index in [1.165, 1.54) is 12.8 Å². The highest BCUT2D eigenvalue weighted by atomic mass is 127. The molecule has 1 unspecified atom stereocenters. The lowest BCUT2D eigenvalue weighted by atomic mass is 10.0. The quantitative estimate of drug-likeness (QED) is 0.377. The number of guanidine groups is 1. The summed E-state index contributed by atoms with van der Waals surface area (Å²) in [4.78, 5) is 6.53. The van der Waals surface area contributed by atoms with Gasteiger partial charge in [0.2, 0.25) is 10.0 Å². The molecule has 136 valence electrons. The number of piperidine rings is 1. The van der Waals surface area contributed by atoms with Crippen LogP contribution < -0.4 is 5.32 Å². The number of sulfonamides is 1. The van der Waals surface area contributed by atoms with Gasteiger partial charge in [-0.15, -0.1) is 24.0 Å². The molecule has 2 rings (SSSR count). The summed E-state index contributed by atoms with van der Waals surface area (Å²) in [5.74, 6) is 3.44. The zero-order chi connectivity index (χ0) is 16.0. The molecule has 1 N–H and O–H groups in total. The first-order valence-corrected chi connectivity index (χ1v) is 10.8. The molecular formula is C14H29IN4O2S2. The van der Waals surface area contributed by atoms with E-state index in [1.54, 1.807) is 11.4 Å². The lowest BCUT2D eigenvalue weighted by Crippen LogP contribution is -2.48. The first-order valence-electron chi connectivity index (χ1n) is 8.04. The maximum Gasteiger partial charge on any atom is 0.215 e. The van der Waals surface area contributed by atoms with Gasteiger partial charge in [-0.3, -0.25) is 4.99 Å². The molecule has 9 heteroatoms. The summed E-state index contributed by atoms with van der Waals surface area (Å²) in [5, 5.41) is 3.22. The molecule has 2 fully saturated rings. The molecule has 23 heavy (non-hydrogen) atoms. The number of thioether (sulfide) groups is 1. The minimum atomic E-state index is -3.14.